The molecule has 0 aliphatic heterocycles. The normalized spacial score (nSPS) is 10.4. The molecule has 0 saturated heterocycles. The van der Waals surface area contributed by atoms with E-state index in [0.29, 0.717) is 0 Å². The van der Waals surface area contributed by atoms with Crippen LogP contribution in [0.25, 0.3) is 0 Å². The van der Waals surface area contributed by atoms with Crippen LogP contribution in [-0.4, -0.2) is 12.4 Å². The van der Waals surface area contributed by atoms with Crippen LogP contribution in [0, 0.1) is 5.41 Å². The van der Waals surface area contributed by atoms with Crippen LogP contribution >= 0.6 is 0 Å². The van der Waals surface area contributed by atoms with Crippen molar-refractivity contribution in [3.8, 4) is 0 Å². The number of para-hydroxylation sites is 1. The minimum atomic E-state index is 0.863. The molecule has 0 aromatic heterocycles. The topological polar surface area (TPSA) is 36.2 Å². The molecule has 0 amide bonds. The Kier molecular flexibility index (Phi) is 3.20. The van der Waals surface area contributed by atoms with Crippen molar-refractivity contribution in [2.24, 2.45) is 4.99 Å². The molecule has 0 aliphatic rings. The summed E-state index contributed by atoms with van der Waals surface area (Å²) in [6, 6.07) is 7.63. The highest BCUT2D eigenvalue weighted by atomic mass is 14.7. The average Bonchev–Trinajstić information content (AvgIpc) is 2.15. The number of aliphatic imine (C=N–C) groups is 1. The molecular weight excluding hydrogens is 148 g/mol. The highest BCUT2D eigenvalue weighted by molar-refractivity contribution is 5.85. The molecule has 0 saturated carbocycles. The molecule has 0 atom stereocenters. The number of hydrogen-bond acceptors (Lipinski definition) is 2. The minimum Gasteiger partial charge on any atom is -0.308 e. The largest absolute Gasteiger partial charge is 0.308 e. The summed E-state index contributed by atoms with van der Waals surface area (Å²) in [4.78, 5) is 4.22. The van der Waals surface area contributed by atoms with Gasteiger partial charge in [-0.2, -0.15) is 0 Å². The van der Waals surface area contributed by atoms with Gasteiger partial charge in [-0.3, -0.25) is 4.99 Å². The lowest BCUT2D eigenvalue weighted by Crippen LogP contribution is -1.79. The zero-order valence-electron chi connectivity index (χ0n) is 7.12. The summed E-state index contributed by atoms with van der Waals surface area (Å²) < 4.78 is 0. The molecule has 0 fully saturated rings. The molecule has 0 spiro atoms. The third-order valence-corrected chi connectivity index (χ3v) is 1.51. The van der Waals surface area contributed by atoms with E-state index in [-0.39, 0.29) is 0 Å². The van der Waals surface area contributed by atoms with E-state index in [1.807, 2.05) is 37.4 Å². The number of nitrogens with zero attached hydrogens (tertiary/aromatic N) is 1. The lowest BCUT2D eigenvalue weighted by Gasteiger charge is -1.96. The van der Waals surface area contributed by atoms with Gasteiger partial charge in [0.05, 0.1) is 5.69 Å². The molecule has 62 valence electrons. The van der Waals surface area contributed by atoms with Crippen molar-refractivity contribution in [1.29, 1.82) is 5.41 Å². The Bertz CT molecular complexity index is 290. The van der Waals surface area contributed by atoms with Gasteiger partial charge in [0.2, 0.25) is 0 Å². The van der Waals surface area contributed by atoms with Crippen LogP contribution in [0.4, 0.5) is 5.69 Å². The van der Waals surface area contributed by atoms with E-state index < -0.39 is 0 Å². The van der Waals surface area contributed by atoms with Crippen LogP contribution in [0.5, 0.6) is 0 Å². The van der Waals surface area contributed by atoms with Crippen molar-refractivity contribution in [1.82, 2.24) is 0 Å². The third-order valence-electron chi connectivity index (χ3n) is 1.51. The SMILES string of the molecule is CCC=Nc1ccccc1C=N. The molecule has 1 aromatic rings. The van der Waals surface area contributed by atoms with E-state index in [1.165, 1.54) is 6.21 Å². The Morgan fingerprint density at radius 2 is 2.17 bits per heavy atom. The molecular formula is C10H12N2. The van der Waals surface area contributed by atoms with Crippen LogP contribution in [-0.2, 0) is 0 Å². The van der Waals surface area contributed by atoms with Gasteiger partial charge in [-0.15, -0.1) is 0 Å². The zero-order chi connectivity index (χ0) is 8.81. The van der Waals surface area contributed by atoms with Crippen molar-refractivity contribution < 1.29 is 0 Å². The molecule has 0 radical (unpaired) electrons. The minimum absolute atomic E-state index is 0.863. The second-order valence-corrected chi connectivity index (χ2v) is 2.42. The van der Waals surface area contributed by atoms with E-state index in [9.17, 15) is 0 Å². The molecule has 0 unspecified atom stereocenters. The molecule has 1 rings (SSSR count). The van der Waals surface area contributed by atoms with Crippen molar-refractivity contribution in [2.45, 2.75) is 13.3 Å². The van der Waals surface area contributed by atoms with Crippen LogP contribution in [0.3, 0.4) is 0 Å². The fraction of sp³-hybridized carbons (Fsp3) is 0.200. The smallest absolute Gasteiger partial charge is 0.0713 e. The average molecular weight is 160 g/mol. The first-order valence-electron chi connectivity index (χ1n) is 4.00. The van der Waals surface area contributed by atoms with Gasteiger partial charge in [-0.25, -0.2) is 0 Å². The van der Waals surface area contributed by atoms with Gasteiger partial charge in [-0.05, 0) is 12.5 Å². The van der Waals surface area contributed by atoms with E-state index in [4.69, 9.17) is 5.41 Å². The van der Waals surface area contributed by atoms with Crippen LogP contribution < -0.4 is 0 Å². The summed E-state index contributed by atoms with van der Waals surface area (Å²) in [6.07, 6.45) is 4.09. The maximum atomic E-state index is 7.12. The summed E-state index contributed by atoms with van der Waals surface area (Å²) in [5.74, 6) is 0. The quantitative estimate of drug-likeness (QED) is 0.660. The summed E-state index contributed by atoms with van der Waals surface area (Å²) >= 11 is 0. The molecule has 2 heteroatoms. The number of rotatable bonds is 3. The maximum absolute atomic E-state index is 7.12. The summed E-state index contributed by atoms with van der Waals surface area (Å²) in [6.45, 7) is 2.04. The molecule has 12 heavy (non-hydrogen) atoms. The summed E-state index contributed by atoms with van der Waals surface area (Å²) in [5.41, 5.74) is 1.73. The van der Waals surface area contributed by atoms with Crippen LogP contribution in [0.1, 0.15) is 18.9 Å². The van der Waals surface area contributed by atoms with E-state index >= 15 is 0 Å². The first kappa shape index (κ1) is 8.65. The second kappa shape index (κ2) is 4.44. The Morgan fingerprint density at radius 3 is 2.83 bits per heavy atom. The van der Waals surface area contributed by atoms with Gasteiger partial charge >= 0.3 is 0 Å². The summed E-state index contributed by atoms with van der Waals surface area (Å²) in [7, 11) is 0. The molecule has 1 aromatic carbocycles. The zero-order valence-corrected chi connectivity index (χ0v) is 7.12. The van der Waals surface area contributed by atoms with Gasteiger partial charge in [0.1, 0.15) is 0 Å². The van der Waals surface area contributed by atoms with E-state index in [0.717, 1.165) is 17.7 Å². The Labute approximate surface area is 72.5 Å². The number of nitrogens with one attached hydrogen (secondary N) is 1. The Hall–Kier alpha value is -1.44. The Morgan fingerprint density at radius 1 is 1.42 bits per heavy atom. The van der Waals surface area contributed by atoms with Gasteiger partial charge in [-0.1, -0.05) is 25.1 Å². The van der Waals surface area contributed by atoms with Gasteiger partial charge in [0.15, 0.2) is 0 Å². The lowest BCUT2D eigenvalue weighted by molar-refractivity contribution is 1.31. The Balaban J connectivity index is 2.96. The maximum Gasteiger partial charge on any atom is 0.0713 e. The fourth-order valence-corrected chi connectivity index (χ4v) is 0.917. The highest BCUT2D eigenvalue weighted by Gasteiger charge is 1.93. The van der Waals surface area contributed by atoms with Gasteiger partial charge in [0, 0.05) is 18.0 Å². The van der Waals surface area contributed by atoms with Crippen molar-refractivity contribution in [2.75, 3.05) is 0 Å². The fourth-order valence-electron chi connectivity index (χ4n) is 0.917. The van der Waals surface area contributed by atoms with Crippen molar-refractivity contribution in [3.63, 3.8) is 0 Å². The first-order valence-corrected chi connectivity index (χ1v) is 4.00. The van der Waals surface area contributed by atoms with Crippen molar-refractivity contribution in [3.05, 3.63) is 29.8 Å². The third kappa shape index (κ3) is 2.02. The van der Waals surface area contributed by atoms with Crippen LogP contribution in [0.15, 0.2) is 29.3 Å². The summed E-state index contributed by atoms with van der Waals surface area (Å²) in [5, 5.41) is 7.12. The lowest BCUT2D eigenvalue weighted by atomic mass is 10.2. The van der Waals surface area contributed by atoms with Crippen LogP contribution in [0.2, 0.25) is 0 Å². The van der Waals surface area contributed by atoms with E-state index in [2.05, 4.69) is 4.99 Å². The first-order chi connectivity index (χ1) is 5.88. The van der Waals surface area contributed by atoms with E-state index in [1.54, 1.807) is 0 Å². The predicted octanol–water partition coefficient (Wildman–Crippen LogP) is 2.80. The molecule has 1 N–H and O–H groups in total. The second-order valence-electron chi connectivity index (χ2n) is 2.42. The number of benzene rings is 1. The molecule has 0 heterocycles. The highest BCUT2D eigenvalue weighted by Crippen LogP contribution is 2.15. The monoisotopic (exact) mass is 160 g/mol. The predicted molar refractivity (Wildman–Crippen MR) is 52.8 cm³/mol. The van der Waals surface area contributed by atoms with Gasteiger partial charge < -0.3 is 5.41 Å². The molecule has 2 nitrogen and oxygen atoms in total. The van der Waals surface area contributed by atoms with Gasteiger partial charge in [0.25, 0.3) is 0 Å². The standard InChI is InChI=1S/C10H12N2/c1-2-7-12-10-6-4-3-5-9(10)8-11/h3-8,11H,2H2,1H3. The number of hydrogen-bond donors (Lipinski definition) is 1. The molecule has 0 aliphatic carbocycles. The molecule has 0 bridgehead atoms. The van der Waals surface area contributed by atoms with Crippen molar-refractivity contribution >= 4 is 18.1 Å².